The van der Waals surface area contributed by atoms with E-state index in [4.69, 9.17) is 0 Å². The van der Waals surface area contributed by atoms with Gasteiger partial charge in [-0.1, -0.05) is 13.8 Å². The maximum atomic E-state index is 10.3. The lowest BCUT2D eigenvalue weighted by Gasteiger charge is -2.45. The lowest BCUT2D eigenvalue weighted by atomic mass is 9.72. The van der Waals surface area contributed by atoms with E-state index in [0.717, 1.165) is 24.7 Å². The second-order valence-electron chi connectivity index (χ2n) is 5.62. The molecule has 3 unspecified atom stereocenters. The van der Waals surface area contributed by atoms with Crippen molar-refractivity contribution in [2.24, 2.45) is 11.8 Å². The van der Waals surface area contributed by atoms with Crippen molar-refractivity contribution in [1.29, 1.82) is 0 Å². The summed E-state index contributed by atoms with van der Waals surface area (Å²) in [5, 5.41) is 10.3. The third-order valence-electron chi connectivity index (χ3n) is 3.83. The molecule has 14 heavy (non-hydrogen) atoms. The SMILES string of the molecule is CC(C)C1CCC(C)(O)C(N(C)C)C1. The van der Waals surface area contributed by atoms with Crippen molar-refractivity contribution in [3.8, 4) is 0 Å². The lowest BCUT2D eigenvalue weighted by molar-refractivity contribution is -0.0641. The molecule has 1 aliphatic rings. The molecule has 3 atom stereocenters. The normalized spacial score (nSPS) is 39.4. The summed E-state index contributed by atoms with van der Waals surface area (Å²) in [6.07, 6.45) is 3.26. The number of hydrogen-bond acceptors (Lipinski definition) is 2. The summed E-state index contributed by atoms with van der Waals surface area (Å²) in [5.41, 5.74) is -0.491. The largest absolute Gasteiger partial charge is 0.389 e. The van der Waals surface area contributed by atoms with Gasteiger partial charge in [0.15, 0.2) is 0 Å². The topological polar surface area (TPSA) is 23.5 Å². The molecule has 0 radical (unpaired) electrons. The van der Waals surface area contributed by atoms with Crippen LogP contribution in [0.15, 0.2) is 0 Å². The third kappa shape index (κ3) is 2.48. The number of rotatable bonds is 2. The van der Waals surface area contributed by atoms with Gasteiger partial charge in [-0.2, -0.15) is 0 Å². The van der Waals surface area contributed by atoms with Crippen LogP contribution in [-0.2, 0) is 0 Å². The van der Waals surface area contributed by atoms with Crippen molar-refractivity contribution in [3.63, 3.8) is 0 Å². The first kappa shape index (κ1) is 12.0. The Morgan fingerprint density at radius 1 is 1.36 bits per heavy atom. The molecule has 1 fully saturated rings. The molecule has 0 spiro atoms. The molecule has 0 aromatic rings. The molecule has 1 aliphatic carbocycles. The third-order valence-corrected chi connectivity index (χ3v) is 3.83. The molecule has 0 aromatic heterocycles. The quantitative estimate of drug-likeness (QED) is 0.736. The summed E-state index contributed by atoms with van der Waals surface area (Å²) < 4.78 is 0. The molecule has 1 N–H and O–H groups in total. The van der Waals surface area contributed by atoms with E-state index in [1.54, 1.807) is 0 Å². The molecular weight excluding hydrogens is 174 g/mol. The zero-order chi connectivity index (χ0) is 10.9. The zero-order valence-corrected chi connectivity index (χ0v) is 10.2. The minimum atomic E-state index is -0.491. The van der Waals surface area contributed by atoms with E-state index < -0.39 is 5.60 Å². The first-order chi connectivity index (χ1) is 6.34. The summed E-state index contributed by atoms with van der Waals surface area (Å²) in [4.78, 5) is 2.18. The van der Waals surface area contributed by atoms with Gasteiger partial charge < -0.3 is 10.0 Å². The first-order valence-electron chi connectivity index (χ1n) is 5.73. The smallest absolute Gasteiger partial charge is 0.0774 e. The van der Waals surface area contributed by atoms with Crippen molar-refractivity contribution in [2.45, 2.75) is 51.7 Å². The van der Waals surface area contributed by atoms with E-state index in [1.165, 1.54) is 6.42 Å². The molecule has 1 saturated carbocycles. The minimum absolute atomic E-state index is 0.323. The summed E-state index contributed by atoms with van der Waals surface area (Å²) in [7, 11) is 4.14. The Balaban J connectivity index is 2.68. The van der Waals surface area contributed by atoms with E-state index >= 15 is 0 Å². The monoisotopic (exact) mass is 199 g/mol. The Bertz CT molecular complexity index is 187. The van der Waals surface area contributed by atoms with Crippen LogP contribution in [0.2, 0.25) is 0 Å². The second kappa shape index (κ2) is 4.19. The Morgan fingerprint density at radius 2 is 1.93 bits per heavy atom. The Kier molecular flexibility index (Phi) is 3.59. The fraction of sp³-hybridized carbons (Fsp3) is 1.00. The average Bonchev–Trinajstić information content (AvgIpc) is 2.02. The van der Waals surface area contributed by atoms with Crippen LogP contribution in [0.1, 0.15) is 40.0 Å². The van der Waals surface area contributed by atoms with Gasteiger partial charge in [-0.3, -0.25) is 0 Å². The first-order valence-corrected chi connectivity index (χ1v) is 5.73. The maximum Gasteiger partial charge on any atom is 0.0774 e. The van der Waals surface area contributed by atoms with E-state index in [-0.39, 0.29) is 0 Å². The van der Waals surface area contributed by atoms with Crippen molar-refractivity contribution in [2.75, 3.05) is 14.1 Å². The Labute approximate surface area is 88.3 Å². The van der Waals surface area contributed by atoms with Crippen molar-refractivity contribution >= 4 is 0 Å². The fourth-order valence-electron chi connectivity index (χ4n) is 2.68. The molecule has 0 aromatic carbocycles. The summed E-state index contributed by atoms with van der Waals surface area (Å²) in [5.74, 6) is 1.52. The van der Waals surface area contributed by atoms with Crippen LogP contribution in [0.5, 0.6) is 0 Å². The predicted octanol–water partition coefficient (Wildman–Crippen LogP) is 2.12. The minimum Gasteiger partial charge on any atom is -0.389 e. The molecule has 0 bridgehead atoms. The Hall–Kier alpha value is -0.0800. The molecule has 0 saturated heterocycles. The lowest BCUT2D eigenvalue weighted by Crippen LogP contribution is -2.52. The summed E-state index contributed by atoms with van der Waals surface area (Å²) >= 11 is 0. The number of hydrogen-bond donors (Lipinski definition) is 1. The molecule has 2 heteroatoms. The van der Waals surface area contributed by atoms with Crippen LogP contribution < -0.4 is 0 Å². The molecule has 84 valence electrons. The van der Waals surface area contributed by atoms with Gasteiger partial charge in [0.05, 0.1) is 5.60 Å². The van der Waals surface area contributed by atoms with E-state index in [0.29, 0.717) is 6.04 Å². The Morgan fingerprint density at radius 3 is 2.36 bits per heavy atom. The van der Waals surface area contributed by atoms with E-state index in [1.807, 2.05) is 6.92 Å². The van der Waals surface area contributed by atoms with Crippen LogP contribution >= 0.6 is 0 Å². The highest BCUT2D eigenvalue weighted by Crippen LogP contribution is 2.37. The van der Waals surface area contributed by atoms with Crippen LogP contribution in [0, 0.1) is 11.8 Å². The van der Waals surface area contributed by atoms with Gasteiger partial charge in [0.2, 0.25) is 0 Å². The molecule has 0 aliphatic heterocycles. The predicted molar refractivity (Wildman–Crippen MR) is 60.3 cm³/mol. The van der Waals surface area contributed by atoms with Crippen LogP contribution in [0.4, 0.5) is 0 Å². The maximum absolute atomic E-state index is 10.3. The van der Waals surface area contributed by atoms with Crippen molar-refractivity contribution in [3.05, 3.63) is 0 Å². The highest BCUT2D eigenvalue weighted by Gasteiger charge is 2.40. The molecular formula is C12H25NO. The molecule has 1 rings (SSSR count). The van der Waals surface area contributed by atoms with Gasteiger partial charge in [-0.15, -0.1) is 0 Å². The molecule has 0 heterocycles. The van der Waals surface area contributed by atoms with Crippen molar-refractivity contribution in [1.82, 2.24) is 4.90 Å². The highest BCUT2D eigenvalue weighted by atomic mass is 16.3. The van der Waals surface area contributed by atoms with Gasteiger partial charge in [0, 0.05) is 6.04 Å². The van der Waals surface area contributed by atoms with Gasteiger partial charge in [-0.25, -0.2) is 0 Å². The average molecular weight is 199 g/mol. The van der Waals surface area contributed by atoms with Gasteiger partial charge in [0.1, 0.15) is 0 Å². The summed E-state index contributed by atoms with van der Waals surface area (Å²) in [6, 6.07) is 0.323. The number of aliphatic hydroxyl groups is 1. The fourth-order valence-corrected chi connectivity index (χ4v) is 2.68. The standard InChI is InChI=1S/C12H25NO/c1-9(2)10-6-7-12(3,14)11(8-10)13(4)5/h9-11,14H,6-8H2,1-5H3. The van der Waals surface area contributed by atoms with Crippen molar-refractivity contribution < 1.29 is 5.11 Å². The highest BCUT2D eigenvalue weighted by molar-refractivity contribution is 4.94. The van der Waals surface area contributed by atoms with Gasteiger partial charge >= 0.3 is 0 Å². The zero-order valence-electron chi connectivity index (χ0n) is 10.2. The molecule has 0 amide bonds. The second-order valence-corrected chi connectivity index (χ2v) is 5.62. The number of nitrogens with zero attached hydrogens (tertiary/aromatic N) is 1. The van der Waals surface area contributed by atoms with Crippen LogP contribution in [-0.4, -0.2) is 35.7 Å². The van der Waals surface area contributed by atoms with Gasteiger partial charge in [0.25, 0.3) is 0 Å². The number of likely N-dealkylation sites (N-methyl/N-ethyl adjacent to an activating group) is 1. The van der Waals surface area contributed by atoms with E-state index in [2.05, 4.69) is 32.8 Å². The summed E-state index contributed by atoms with van der Waals surface area (Å²) in [6.45, 7) is 6.56. The van der Waals surface area contributed by atoms with Crippen LogP contribution in [0.3, 0.4) is 0 Å². The van der Waals surface area contributed by atoms with E-state index in [9.17, 15) is 5.11 Å². The van der Waals surface area contributed by atoms with Crippen LogP contribution in [0.25, 0.3) is 0 Å². The molecule has 2 nitrogen and oxygen atoms in total. The van der Waals surface area contributed by atoms with Gasteiger partial charge in [-0.05, 0) is 52.1 Å².